The van der Waals surface area contributed by atoms with Gasteiger partial charge >= 0.3 is 0 Å². The van der Waals surface area contributed by atoms with Gasteiger partial charge in [0.05, 0.1) is 13.2 Å². The summed E-state index contributed by atoms with van der Waals surface area (Å²) in [5.74, 6) is 1.96. The van der Waals surface area contributed by atoms with Gasteiger partial charge in [-0.25, -0.2) is 0 Å². The van der Waals surface area contributed by atoms with Crippen molar-refractivity contribution in [3.05, 3.63) is 0 Å². The van der Waals surface area contributed by atoms with Crippen molar-refractivity contribution in [1.82, 2.24) is 4.90 Å². The van der Waals surface area contributed by atoms with Gasteiger partial charge in [0.15, 0.2) is 0 Å². The summed E-state index contributed by atoms with van der Waals surface area (Å²) >= 11 is 2.10. The molecule has 3 rings (SSSR count). The lowest BCUT2D eigenvalue weighted by Crippen LogP contribution is -2.54. The van der Waals surface area contributed by atoms with Crippen molar-refractivity contribution in [2.24, 2.45) is 17.3 Å². The van der Waals surface area contributed by atoms with E-state index in [1.807, 2.05) is 0 Å². The van der Waals surface area contributed by atoms with Gasteiger partial charge in [-0.05, 0) is 43.3 Å². The fourth-order valence-corrected chi connectivity index (χ4v) is 5.30. The molecular weight excluding hydrogens is 242 g/mol. The second-order valence-electron chi connectivity index (χ2n) is 7.16. The summed E-state index contributed by atoms with van der Waals surface area (Å²) in [4.78, 5) is 2.71. The minimum atomic E-state index is 0.451. The van der Waals surface area contributed by atoms with Crippen LogP contribution < -0.4 is 0 Å². The highest BCUT2D eigenvalue weighted by Gasteiger charge is 2.64. The number of rotatable bonds is 2. The molecule has 0 spiro atoms. The molecule has 2 nitrogen and oxygen atoms in total. The number of hydrogen-bond acceptors (Lipinski definition) is 3. The van der Waals surface area contributed by atoms with E-state index in [2.05, 4.69) is 43.7 Å². The minimum Gasteiger partial charge on any atom is -0.379 e. The first-order valence-electron chi connectivity index (χ1n) is 7.36. The molecule has 2 saturated carbocycles. The van der Waals surface area contributed by atoms with Crippen molar-refractivity contribution in [3.63, 3.8) is 0 Å². The van der Waals surface area contributed by atoms with Gasteiger partial charge in [-0.2, -0.15) is 11.8 Å². The molecule has 1 saturated heterocycles. The average Bonchev–Trinajstić information content (AvgIpc) is 2.90. The van der Waals surface area contributed by atoms with Crippen LogP contribution in [0.15, 0.2) is 0 Å². The van der Waals surface area contributed by atoms with Gasteiger partial charge in [0.25, 0.3) is 0 Å². The zero-order chi connectivity index (χ0) is 13.0. The fourth-order valence-electron chi connectivity index (χ4n) is 4.44. The van der Waals surface area contributed by atoms with Gasteiger partial charge in [0, 0.05) is 23.9 Å². The zero-order valence-electron chi connectivity index (χ0n) is 12.2. The third kappa shape index (κ3) is 1.94. The van der Waals surface area contributed by atoms with E-state index >= 15 is 0 Å². The lowest BCUT2D eigenvalue weighted by molar-refractivity contribution is -0.000238. The Balaban J connectivity index is 1.78. The molecule has 0 N–H and O–H groups in total. The molecule has 1 aliphatic heterocycles. The van der Waals surface area contributed by atoms with Crippen LogP contribution in [-0.2, 0) is 4.74 Å². The first-order valence-corrected chi connectivity index (χ1v) is 8.58. The summed E-state index contributed by atoms with van der Waals surface area (Å²) < 4.78 is 5.97. The molecule has 0 unspecified atom stereocenters. The third-order valence-electron chi connectivity index (χ3n) is 6.05. The Kier molecular flexibility index (Phi) is 3.23. The number of hydrogen-bond donors (Lipinski definition) is 0. The normalized spacial score (nSPS) is 47.7. The molecule has 3 aliphatic rings. The Hall–Kier alpha value is 0.270. The number of thioether (sulfide) groups is 1. The Morgan fingerprint density at radius 2 is 1.78 bits per heavy atom. The highest BCUT2D eigenvalue weighted by molar-refractivity contribution is 8.00. The Morgan fingerprint density at radius 3 is 2.39 bits per heavy atom. The van der Waals surface area contributed by atoms with Crippen molar-refractivity contribution in [1.29, 1.82) is 0 Å². The SMILES string of the molecule is CS[C@]1(C)C[C@H]2[C@@H](C[C@H]1N1CCOCC1)C2(C)C. The topological polar surface area (TPSA) is 12.5 Å². The lowest BCUT2D eigenvalue weighted by Gasteiger charge is -2.47. The summed E-state index contributed by atoms with van der Waals surface area (Å²) in [6.07, 6.45) is 5.13. The minimum absolute atomic E-state index is 0.451. The first kappa shape index (κ1) is 13.3. The molecule has 0 aromatic heterocycles. The first-order chi connectivity index (χ1) is 8.49. The smallest absolute Gasteiger partial charge is 0.0594 e. The van der Waals surface area contributed by atoms with E-state index in [1.165, 1.54) is 12.8 Å². The predicted octanol–water partition coefficient (Wildman–Crippen LogP) is 2.87. The van der Waals surface area contributed by atoms with Crippen LogP contribution in [-0.4, -0.2) is 48.2 Å². The van der Waals surface area contributed by atoms with Crippen LogP contribution in [0.4, 0.5) is 0 Å². The molecule has 18 heavy (non-hydrogen) atoms. The largest absolute Gasteiger partial charge is 0.379 e. The van der Waals surface area contributed by atoms with Gasteiger partial charge < -0.3 is 4.74 Å². The van der Waals surface area contributed by atoms with Gasteiger partial charge in [-0.3, -0.25) is 4.90 Å². The van der Waals surface area contributed by atoms with Crippen LogP contribution in [0.3, 0.4) is 0 Å². The van der Waals surface area contributed by atoms with Gasteiger partial charge in [0.1, 0.15) is 0 Å². The van der Waals surface area contributed by atoms with Crippen molar-refractivity contribution < 1.29 is 4.74 Å². The van der Waals surface area contributed by atoms with Crippen molar-refractivity contribution >= 4 is 11.8 Å². The Labute approximate surface area is 116 Å². The van der Waals surface area contributed by atoms with Crippen molar-refractivity contribution in [2.75, 3.05) is 32.6 Å². The maximum atomic E-state index is 5.52. The molecule has 0 aromatic rings. The van der Waals surface area contributed by atoms with Crippen molar-refractivity contribution in [3.8, 4) is 0 Å². The van der Waals surface area contributed by atoms with E-state index in [9.17, 15) is 0 Å². The molecule has 0 aromatic carbocycles. The maximum absolute atomic E-state index is 5.52. The van der Waals surface area contributed by atoms with E-state index in [4.69, 9.17) is 4.74 Å². The quantitative estimate of drug-likeness (QED) is 0.765. The summed E-state index contributed by atoms with van der Waals surface area (Å²) in [6.45, 7) is 11.6. The second-order valence-corrected chi connectivity index (χ2v) is 8.50. The zero-order valence-corrected chi connectivity index (χ0v) is 13.1. The van der Waals surface area contributed by atoms with Crippen LogP contribution in [0.2, 0.25) is 0 Å². The highest BCUT2D eigenvalue weighted by Crippen LogP contribution is 2.68. The van der Waals surface area contributed by atoms with Crippen LogP contribution in [0.5, 0.6) is 0 Å². The second kappa shape index (κ2) is 4.39. The van der Waals surface area contributed by atoms with Crippen LogP contribution >= 0.6 is 11.8 Å². The molecular formula is C15H27NOS. The average molecular weight is 269 g/mol. The molecule has 104 valence electrons. The van der Waals surface area contributed by atoms with E-state index < -0.39 is 0 Å². The number of ether oxygens (including phenoxy) is 1. The molecule has 3 heteroatoms. The maximum Gasteiger partial charge on any atom is 0.0594 e. The Morgan fingerprint density at radius 1 is 1.11 bits per heavy atom. The Bertz CT molecular complexity index is 326. The van der Waals surface area contributed by atoms with Gasteiger partial charge in [0.2, 0.25) is 0 Å². The van der Waals surface area contributed by atoms with Gasteiger partial charge in [-0.15, -0.1) is 0 Å². The fraction of sp³-hybridized carbons (Fsp3) is 1.00. The molecule has 1 heterocycles. The van der Waals surface area contributed by atoms with Gasteiger partial charge in [-0.1, -0.05) is 13.8 Å². The molecule has 0 radical (unpaired) electrons. The summed E-state index contributed by atoms with van der Waals surface area (Å²) in [6, 6.07) is 0.763. The highest BCUT2D eigenvalue weighted by atomic mass is 32.2. The van der Waals surface area contributed by atoms with E-state index in [0.717, 1.165) is 44.2 Å². The number of nitrogens with zero attached hydrogens (tertiary/aromatic N) is 1. The molecule has 3 fully saturated rings. The van der Waals surface area contributed by atoms with E-state index in [0.29, 0.717) is 10.2 Å². The number of morpholine rings is 1. The van der Waals surface area contributed by atoms with E-state index in [1.54, 1.807) is 0 Å². The molecule has 2 aliphatic carbocycles. The van der Waals surface area contributed by atoms with E-state index in [-0.39, 0.29) is 0 Å². The summed E-state index contributed by atoms with van der Waals surface area (Å²) in [7, 11) is 0. The molecule has 0 bridgehead atoms. The molecule has 4 atom stereocenters. The summed E-state index contributed by atoms with van der Waals surface area (Å²) in [5, 5.41) is 0. The third-order valence-corrected chi connectivity index (χ3v) is 7.42. The van der Waals surface area contributed by atoms with Crippen LogP contribution in [0, 0.1) is 17.3 Å². The lowest BCUT2D eigenvalue weighted by atomic mass is 9.83. The monoisotopic (exact) mass is 269 g/mol. The standard InChI is InChI=1S/C15H27NOS/c1-14(2)11-9-13(16-5-7-17-8-6-16)15(3,18-4)10-12(11)14/h11-13H,5-10H2,1-4H3/t11-,12+,13-,15-/m1/s1. The van der Waals surface area contributed by atoms with Crippen molar-refractivity contribution in [2.45, 2.75) is 44.4 Å². The number of fused-ring (bicyclic) bond motifs is 1. The predicted molar refractivity (Wildman–Crippen MR) is 78.1 cm³/mol. The van der Waals surface area contributed by atoms with Crippen LogP contribution in [0.25, 0.3) is 0 Å². The summed E-state index contributed by atoms with van der Waals surface area (Å²) in [5.41, 5.74) is 0.609. The van der Waals surface area contributed by atoms with Crippen LogP contribution in [0.1, 0.15) is 33.6 Å². The molecule has 0 amide bonds.